The first-order valence-corrected chi connectivity index (χ1v) is 10.7. The molecule has 0 aliphatic carbocycles. The van der Waals surface area contributed by atoms with Crippen LogP contribution < -0.4 is 15.8 Å². The predicted molar refractivity (Wildman–Crippen MR) is 117 cm³/mol. The molecule has 8 heteroatoms. The second kappa shape index (κ2) is 8.62. The Bertz CT molecular complexity index is 1080. The molecule has 1 aliphatic rings. The minimum absolute atomic E-state index is 0.451. The van der Waals surface area contributed by atoms with E-state index in [2.05, 4.69) is 27.5 Å². The van der Waals surface area contributed by atoms with Gasteiger partial charge in [-0.2, -0.15) is 4.98 Å². The molecule has 1 aromatic heterocycles. The number of rotatable bonds is 7. The number of fused-ring (bicyclic) bond motifs is 1. The Morgan fingerprint density at radius 2 is 1.93 bits per heavy atom. The van der Waals surface area contributed by atoms with Crippen molar-refractivity contribution in [2.75, 3.05) is 11.9 Å². The van der Waals surface area contributed by atoms with Crippen LogP contribution in [-0.4, -0.2) is 27.3 Å². The number of ether oxygens (including phenoxy) is 1. The maximum absolute atomic E-state index is 12.3. The van der Waals surface area contributed by atoms with Crippen LogP contribution in [0, 0.1) is 0 Å². The summed E-state index contributed by atoms with van der Waals surface area (Å²) in [5.41, 5.74) is 8.96. The normalized spacial score (nSPS) is 15.5. The molecule has 154 valence electrons. The van der Waals surface area contributed by atoms with Crippen LogP contribution in [-0.2, 0) is 10.5 Å². The molecule has 4 rings (SSSR count). The number of thioether (sulfide) groups is 1. The lowest BCUT2D eigenvalue weighted by atomic mass is 9.95. The van der Waals surface area contributed by atoms with Crippen molar-refractivity contribution < 1.29 is 9.53 Å². The molecule has 7 nitrogen and oxygen atoms in total. The van der Waals surface area contributed by atoms with Crippen molar-refractivity contribution in [1.29, 1.82) is 0 Å². The summed E-state index contributed by atoms with van der Waals surface area (Å²) < 4.78 is 7.27. The fourth-order valence-electron chi connectivity index (χ4n) is 3.46. The number of nitrogens with one attached hydrogen (secondary N) is 1. The van der Waals surface area contributed by atoms with Crippen molar-refractivity contribution >= 4 is 23.6 Å². The van der Waals surface area contributed by atoms with Crippen molar-refractivity contribution in [3.63, 3.8) is 0 Å². The number of carbonyl (C=O) groups excluding carboxylic acids is 1. The van der Waals surface area contributed by atoms with Crippen LogP contribution in [0.15, 0.2) is 71.0 Å². The van der Waals surface area contributed by atoms with Gasteiger partial charge in [-0.25, -0.2) is 4.68 Å². The van der Waals surface area contributed by atoms with Gasteiger partial charge in [0.05, 0.1) is 12.2 Å². The van der Waals surface area contributed by atoms with E-state index in [1.165, 1.54) is 5.56 Å². The Balaban J connectivity index is 1.67. The van der Waals surface area contributed by atoms with Crippen LogP contribution in [0.4, 0.5) is 5.95 Å². The molecule has 2 heterocycles. The van der Waals surface area contributed by atoms with Crippen LogP contribution in [0.1, 0.15) is 31.0 Å². The summed E-state index contributed by atoms with van der Waals surface area (Å²) in [6.07, 6.45) is 0. The molecule has 0 radical (unpaired) electrons. The highest BCUT2D eigenvalue weighted by Gasteiger charge is 2.33. The Hall–Kier alpha value is -3.26. The van der Waals surface area contributed by atoms with E-state index in [0.717, 1.165) is 17.1 Å². The van der Waals surface area contributed by atoms with Crippen molar-refractivity contribution in [1.82, 2.24) is 14.8 Å². The number of hydrogen-bond donors (Lipinski definition) is 2. The van der Waals surface area contributed by atoms with E-state index in [1.54, 1.807) is 16.4 Å². The van der Waals surface area contributed by atoms with Crippen LogP contribution in [0.3, 0.4) is 0 Å². The fourth-order valence-corrected chi connectivity index (χ4v) is 4.24. The average molecular weight is 422 g/mol. The molecule has 1 amide bonds. The van der Waals surface area contributed by atoms with E-state index < -0.39 is 11.9 Å². The molecule has 2 aromatic carbocycles. The van der Waals surface area contributed by atoms with Gasteiger partial charge in [-0.05, 0) is 37.1 Å². The number of aromatic nitrogens is 3. The topological polar surface area (TPSA) is 95.1 Å². The average Bonchev–Trinajstić information content (AvgIpc) is 3.15. The highest BCUT2D eigenvalue weighted by Crippen LogP contribution is 2.36. The molecule has 0 saturated carbocycles. The largest absolute Gasteiger partial charge is 0.494 e. The first kappa shape index (κ1) is 20.0. The van der Waals surface area contributed by atoms with Gasteiger partial charge in [0.2, 0.25) is 17.0 Å². The second-order valence-corrected chi connectivity index (χ2v) is 7.81. The third kappa shape index (κ3) is 4.04. The van der Waals surface area contributed by atoms with E-state index in [1.807, 2.05) is 56.3 Å². The molecule has 1 aliphatic heterocycles. The first-order valence-electron chi connectivity index (χ1n) is 9.70. The Morgan fingerprint density at radius 3 is 2.60 bits per heavy atom. The third-order valence-electron chi connectivity index (χ3n) is 4.82. The van der Waals surface area contributed by atoms with E-state index in [4.69, 9.17) is 10.5 Å². The number of nitrogens with zero attached hydrogens (tertiary/aromatic N) is 3. The monoisotopic (exact) mass is 421 g/mol. The lowest BCUT2D eigenvalue weighted by Gasteiger charge is -2.27. The SMILES string of the molecule is CCOc1ccc([C@H]2C(C(N)=O)=C(C)Nc3nc(SCc4ccccc4)nn32)cc1. The quantitative estimate of drug-likeness (QED) is 0.564. The van der Waals surface area contributed by atoms with Crippen LogP contribution in [0.2, 0.25) is 0 Å². The summed E-state index contributed by atoms with van der Waals surface area (Å²) in [4.78, 5) is 16.9. The van der Waals surface area contributed by atoms with Crippen LogP contribution in [0.5, 0.6) is 5.75 Å². The summed E-state index contributed by atoms with van der Waals surface area (Å²) in [7, 11) is 0. The van der Waals surface area contributed by atoms with Gasteiger partial charge in [-0.3, -0.25) is 4.79 Å². The minimum Gasteiger partial charge on any atom is -0.494 e. The predicted octanol–water partition coefficient (Wildman–Crippen LogP) is 3.74. The smallest absolute Gasteiger partial charge is 0.248 e. The molecule has 0 saturated heterocycles. The van der Waals surface area contributed by atoms with Gasteiger partial charge >= 0.3 is 0 Å². The molecule has 0 fully saturated rings. The third-order valence-corrected chi connectivity index (χ3v) is 5.73. The minimum atomic E-state index is -0.487. The van der Waals surface area contributed by atoms with Gasteiger partial charge in [0.25, 0.3) is 0 Å². The Kier molecular flexibility index (Phi) is 5.76. The van der Waals surface area contributed by atoms with Crippen molar-refractivity contribution in [2.24, 2.45) is 5.73 Å². The van der Waals surface area contributed by atoms with Crippen LogP contribution in [0.25, 0.3) is 0 Å². The molecule has 3 aromatic rings. The van der Waals surface area contributed by atoms with E-state index in [9.17, 15) is 4.79 Å². The highest BCUT2D eigenvalue weighted by atomic mass is 32.2. The molecule has 3 N–H and O–H groups in total. The zero-order valence-corrected chi connectivity index (χ0v) is 17.6. The number of benzene rings is 2. The maximum Gasteiger partial charge on any atom is 0.248 e. The molecule has 0 bridgehead atoms. The van der Waals surface area contributed by atoms with Gasteiger partial charge in [-0.1, -0.05) is 54.2 Å². The summed E-state index contributed by atoms with van der Waals surface area (Å²) in [6.45, 7) is 4.36. The number of anilines is 1. The van der Waals surface area contributed by atoms with Crippen molar-refractivity contribution in [3.05, 3.63) is 77.0 Å². The van der Waals surface area contributed by atoms with Crippen LogP contribution >= 0.6 is 11.8 Å². The number of allylic oxidation sites excluding steroid dienone is 1. The van der Waals surface area contributed by atoms with Gasteiger partial charge in [0.15, 0.2) is 0 Å². The molecule has 1 atom stereocenters. The molecule has 30 heavy (non-hydrogen) atoms. The molecule has 0 spiro atoms. The Morgan fingerprint density at radius 1 is 1.20 bits per heavy atom. The van der Waals surface area contributed by atoms with E-state index >= 15 is 0 Å². The number of hydrogen-bond acceptors (Lipinski definition) is 6. The summed E-state index contributed by atoms with van der Waals surface area (Å²) in [5, 5.41) is 8.49. The summed E-state index contributed by atoms with van der Waals surface area (Å²) in [6, 6.07) is 17.3. The molecular weight excluding hydrogens is 398 g/mol. The number of amides is 1. The Labute approximate surface area is 179 Å². The standard InChI is InChI=1S/C22H23N5O2S/c1-3-29-17-11-9-16(10-12-17)19-18(20(23)28)14(2)24-21-25-22(26-27(19)21)30-13-15-7-5-4-6-8-15/h4-12,19H,3,13H2,1-2H3,(H2,23,28)(H,24,25,26)/t19-/m0/s1. The van der Waals surface area contributed by atoms with Gasteiger partial charge in [-0.15, -0.1) is 5.10 Å². The number of nitrogens with two attached hydrogens (primary N) is 1. The highest BCUT2D eigenvalue weighted by molar-refractivity contribution is 7.98. The fraction of sp³-hybridized carbons (Fsp3) is 0.227. The summed E-state index contributed by atoms with van der Waals surface area (Å²) >= 11 is 1.55. The number of primary amides is 1. The second-order valence-electron chi connectivity index (χ2n) is 6.87. The number of carbonyl (C=O) groups is 1. The molecule has 0 unspecified atom stereocenters. The lowest BCUT2D eigenvalue weighted by Crippen LogP contribution is -2.31. The maximum atomic E-state index is 12.3. The first-order chi connectivity index (χ1) is 14.6. The van der Waals surface area contributed by atoms with E-state index in [-0.39, 0.29) is 0 Å². The summed E-state index contributed by atoms with van der Waals surface area (Å²) in [5.74, 6) is 1.63. The van der Waals surface area contributed by atoms with Crippen molar-refractivity contribution in [2.45, 2.75) is 30.8 Å². The zero-order chi connectivity index (χ0) is 21.1. The van der Waals surface area contributed by atoms with Crippen molar-refractivity contribution in [3.8, 4) is 5.75 Å². The van der Waals surface area contributed by atoms with Gasteiger partial charge in [0.1, 0.15) is 11.8 Å². The zero-order valence-electron chi connectivity index (χ0n) is 16.8. The van der Waals surface area contributed by atoms with Gasteiger partial charge in [0, 0.05) is 11.4 Å². The van der Waals surface area contributed by atoms with Gasteiger partial charge < -0.3 is 15.8 Å². The lowest BCUT2D eigenvalue weighted by molar-refractivity contribution is -0.115. The molecular formula is C22H23N5O2S. The van der Waals surface area contributed by atoms with E-state index in [0.29, 0.717) is 29.0 Å².